The zero-order valence-electron chi connectivity index (χ0n) is 18.7. The topological polar surface area (TPSA) is 46.9 Å². The minimum Gasteiger partial charge on any atom is -0.349 e. The number of carbonyl (C=O) groups excluding carboxylic acids is 1. The molecule has 1 amide bonds. The van der Waals surface area contributed by atoms with Crippen LogP contribution in [-0.2, 0) is 6.42 Å². The summed E-state index contributed by atoms with van der Waals surface area (Å²) in [4.78, 5) is 12.9. The summed E-state index contributed by atoms with van der Waals surface area (Å²) < 4.78 is 2.00. The maximum absolute atomic E-state index is 12.9. The molecular weight excluding hydrogens is 358 g/mol. The molecule has 1 heterocycles. The first-order chi connectivity index (χ1) is 13.7. The predicted molar refractivity (Wildman–Crippen MR) is 117 cm³/mol. The Morgan fingerprint density at radius 2 is 1.90 bits per heavy atom. The van der Waals surface area contributed by atoms with Crippen molar-refractivity contribution >= 4 is 5.91 Å². The van der Waals surface area contributed by atoms with Crippen LogP contribution >= 0.6 is 0 Å². The van der Waals surface area contributed by atoms with E-state index in [1.54, 1.807) is 0 Å². The van der Waals surface area contributed by atoms with Gasteiger partial charge in [-0.05, 0) is 86.1 Å². The molecule has 3 fully saturated rings. The number of nitrogens with one attached hydrogen (secondary N) is 1. The molecule has 2 aromatic rings. The molecule has 0 aliphatic heterocycles. The first-order valence-corrected chi connectivity index (χ1v) is 11.2. The highest BCUT2D eigenvalue weighted by atomic mass is 16.1. The van der Waals surface area contributed by atoms with E-state index in [0.29, 0.717) is 17.4 Å². The summed E-state index contributed by atoms with van der Waals surface area (Å²) in [6.07, 6.45) is 4.61. The molecule has 3 saturated carbocycles. The standard InChI is InChI=1S/C25H35N3O/c1-7-8-21-16(3)27-28(17(21)4)20-11-9-18(10-12-20)24(29)26-23-14-19-13-22(15(23)2)25(19,5)6/h9-12,15,19,22-23H,7-8,13-14H2,1-6H3,(H,26,29)/t15-,19+,22-,23-/m1/s1. The quantitative estimate of drug-likeness (QED) is 0.755. The molecule has 1 N–H and O–H groups in total. The van der Waals surface area contributed by atoms with E-state index in [1.165, 1.54) is 17.7 Å². The summed E-state index contributed by atoms with van der Waals surface area (Å²) >= 11 is 0. The van der Waals surface area contributed by atoms with E-state index in [0.717, 1.165) is 48.0 Å². The van der Waals surface area contributed by atoms with Crippen molar-refractivity contribution in [3.05, 3.63) is 46.8 Å². The van der Waals surface area contributed by atoms with E-state index >= 15 is 0 Å². The molecule has 3 aliphatic rings. The number of nitrogens with zero attached hydrogens (tertiary/aromatic N) is 2. The number of fused-ring (bicyclic) bond motifs is 2. The van der Waals surface area contributed by atoms with Crippen LogP contribution in [0.5, 0.6) is 0 Å². The normalized spacial score (nSPS) is 27.4. The van der Waals surface area contributed by atoms with Crippen LogP contribution in [0.2, 0.25) is 0 Å². The van der Waals surface area contributed by atoms with E-state index in [-0.39, 0.29) is 5.91 Å². The van der Waals surface area contributed by atoms with Gasteiger partial charge in [-0.3, -0.25) is 4.79 Å². The van der Waals surface area contributed by atoms with Crippen molar-refractivity contribution in [1.82, 2.24) is 15.1 Å². The number of benzene rings is 1. The summed E-state index contributed by atoms with van der Waals surface area (Å²) in [5.41, 5.74) is 5.81. The summed E-state index contributed by atoms with van der Waals surface area (Å²) in [5.74, 6) is 2.08. The molecule has 1 aromatic carbocycles. The summed E-state index contributed by atoms with van der Waals surface area (Å²) in [6, 6.07) is 8.17. The lowest BCUT2D eigenvalue weighted by atomic mass is 9.45. The first kappa shape index (κ1) is 20.2. The average molecular weight is 394 g/mol. The van der Waals surface area contributed by atoms with Crippen LogP contribution in [0.3, 0.4) is 0 Å². The molecule has 3 aliphatic carbocycles. The Kier molecular flexibility index (Phi) is 5.08. The van der Waals surface area contributed by atoms with Crippen LogP contribution in [0, 0.1) is 37.0 Å². The predicted octanol–water partition coefficient (Wildman–Crippen LogP) is 5.24. The third-order valence-electron chi connectivity index (χ3n) is 7.99. The SMILES string of the molecule is CCCc1c(C)nn(-c2ccc(C(=O)N[C@@H]3C[C@@H]4C[C@H]([C@H]3C)C4(C)C)cc2)c1C. The second kappa shape index (κ2) is 7.30. The Labute approximate surface area is 175 Å². The van der Waals surface area contributed by atoms with Crippen molar-refractivity contribution < 1.29 is 4.79 Å². The Morgan fingerprint density at radius 3 is 2.48 bits per heavy atom. The van der Waals surface area contributed by atoms with Gasteiger partial charge < -0.3 is 5.32 Å². The van der Waals surface area contributed by atoms with Gasteiger partial charge in [0, 0.05) is 17.3 Å². The van der Waals surface area contributed by atoms with E-state index in [9.17, 15) is 4.79 Å². The van der Waals surface area contributed by atoms with E-state index in [2.05, 4.69) is 46.9 Å². The molecule has 4 atom stereocenters. The van der Waals surface area contributed by atoms with Crippen molar-refractivity contribution in [2.24, 2.45) is 23.2 Å². The van der Waals surface area contributed by atoms with Crippen LogP contribution in [0.15, 0.2) is 24.3 Å². The van der Waals surface area contributed by atoms with Gasteiger partial charge in [-0.1, -0.05) is 34.1 Å². The van der Waals surface area contributed by atoms with Gasteiger partial charge in [-0.15, -0.1) is 0 Å². The summed E-state index contributed by atoms with van der Waals surface area (Å²) in [7, 11) is 0. The van der Waals surface area contributed by atoms with Gasteiger partial charge >= 0.3 is 0 Å². The Hall–Kier alpha value is -2.10. The fourth-order valence-corrected chi connectivity index (χ4v) is 5.88. The van der Waals surface area contributed by atoms with Crippen molar-refractivity contribution in [3.63, 3.8) is 0 Å². The first-order valence-electron chi connectivity index (χ1n) is 11.2. The fraction of sp³-hybridized carbons (Fsp3) is 0.600. The average Bonchev–Trinajstić information content (AvgIpc) is 2.97. The van der Waals surface area contributed by atoms with Gasteiger partial charge in [-0.2, -0.15) is 5.10 Å². The molecule has 0 unspecified atom stereocenters. The molecule has 29 heavy (non-hydrogen) atoms. The van der Waals surface area contributed by atoms with E-state index in [4.69, 9.17) is 5.10 Å². The number of aryl methyl sites for hydroxylation is 1. The summed E-state index contributed by atoms with van der Waals surface area (Å²) in [5, 5.41) is 8.04. The zero-order valence-corrected chi connectivity index (χ0v) is 18.7. The fourth-order valence-electron chi connectivity index (χ4n) is 5.88. The van der Waals surface area contributed by atoms with Crippen LogP contribution < -0.4 is 5.32 Å². The molecule has 0 spiro atoms. The van der Waals surface area contributed by atoms with Crippen LogP contribution in [0.4, 0.5) is 0 Å². The maximum Gasteiger partial charge on any atom is 0.251 e. The number of aromatic nitrogens is 2. The molecule has 2 bridgehead atoms. The van der Waals surface area contributed by atoms with Gasteiger partial charge in [0.25, 0.3) is 5.91 Å². The lowest BCUT2D eigenvalue weighted by Gasteiger charge is -2.62. The van der Waals surface area contributed by atoms with Gasteiger partial charge in [0.1, 0.15) is 0 Å². The molecule has 0 radical (unpaired) electrons. The molecule has 5 rings (SSSR count). The Balaban J connectivity index is 1.46. The second-order valence-electron chi connectivity index (χ2n) is 9.89. The van der Waals surface area contributed by atoms with Gasteiger partial charge in [0.05, 0.1) is 11.4 Å². The molecule has 0 saturated heterocycles. The third-order valence-corrected chi connectivity index (χ3v) is 7.99. The molecule has 4 nitrogen and oxygen atoms in total. The number of hydrogen-bond acceptors (Lipinski definition) is 2. The summed E-state index contributed by atoms with van der Waals surface area (Å²) in [6.45, 7) is 13.5. The van der Waals surface area contributed by atoms with Crippen LogP contribution in [-0.4, -0.2) is 21.7 Å². The van der Waals surface area contributed by atoms with Gasteiger partial charge in [0.2, 0.25) is 0 Å². The number of hydrogen-bond donors (Lipinski definition) is 1. The monoisotopic (exact) mass is 393 g/mol. The van der Waals surface area contributed by atoms with Gasteiger partial charge in [-0.25, -0.2) is 4.68 Å². The minimum atomic E-state index is 0.0487. The molecule has 4 heteroatoms. The van der Waals surface area contributed by atoms with Gasteiger partial charge in [0.15, 0.2) is 0 Å². The zero-order chi connectivity index (χ0) is 20.9. The Morgan fingerprint density at radius 1 is 1.21 bits per heavy atom. The lowest BCUT2D eigenvalue weighted by molar-refractivity contribution is -0.113. The van der Waals surface area contributed by atoms with Crippen molar-refractivity contribution in [2.75, 3.05) is 0 Å². The van der Waals surface area contributed by atoms with Crippen molar-refractivity contribution in [2.45, 2.75) is 73.3 Å². The minimum absolute atomic E-state index is 0.0487. The molecular formula is C25H35N3O. The third kappa shape index (κ3) is 3.31. The number of rotatable bonds is 5. The molecule has 1 aromatic heterocycles. The van der Waals surface area contributed by atoms with E-state index < -0.39 is 0 Å². The smallest absolute Gasteiger partial charge is 0.251 e. The van der Waals surface area contributed by atoms with E-state index in [1.807, 2.05) is 28.9 Å². The highest BCUT2D eigenvalue weighted by Crippen LogP contribution is 2.61. The highest BCUT2D eigenvalue weighted by molar-refractivity contribution is 5.94. The van der Waals surface area contributed by atoms with Crippen LogP contribution in [0.1, 0.15) is 74.3 Å². The van der Waals surface area contributed by atoms with Crippen molar-refractivity contribution in [3.8, 4) is 5.69 Å². The Bertz CT molecular complexity index is 909. The number of amides is 1. The second-order valence-corrected chi connectivity index (χ2v) is 9.89. The molecule has 156 valence electrons. The van der Waals surface area contributed by atoms with Crippen molar-refractivity contribution in [1.29, 1.82) is 0 Å². The highest BCUT2D eigenvalue weighted by Gasteiger charge is 2.56. The van der Waals surface area contributed by atoms with Crippen LogP contribution in [0.25, 0.3) is 5.69 Å². The largest absolute Gasteiger partial charge is 0.349 e. The number of carbonyl (C=O) groups is 1. The lowest BCUT2D eigenvalue weighted by Crippen LogP contribution is -2.60. The maximum atomic E-state index is 12.9.